The van der Waals surface area contributed by atoms with Crippen LogP contribution in [0.4, 0.5) is 10.5 Å². The van der Waals surface area contributed by atoms with Gasteiger partial charge in [-0.25, -0.2) is 9.36 Å². The van der Waals surface area contributed by atoms with E-state index >= 15 is 0 Å². The first-order valence-corrected chi connectivity index (χ1v) is 10.4. The van der Waals surface area contributed by atoms with Crippen LogP contribution in [0.25, 0.3) is 0 Å². The Morgan fingerprint density at radius 2 is 2.07 bits per heavy atom. The number of hydrazone groups is 1. The smallest absolute Gasteiger partial charge is 0.444 e. The second-order valence-corrected chi connectivity index (χ2v) is 7.75. The number of thiocarbonyl (C=S) groups is 1. The molecule has 0 bridgehead atoms. The first-order chi connectivity index (χ1) is 14.0. The zero-order valence-corrected chi connectivity index (χ0v) is 18.0. The summed E-state index contributed by atoms with van der Waals surface area (Å²) in [6.07, 6.45) is 1.85. The second-order valence-electron chi connectivity index (χ2n) is 5.33. The number of nitrogens with zero attached hydrogens (tertiary/aromatic N) is 2. The monoisotopic (exact) mass is 493 g/mol. The normalized spacial score (nSPS) is 11.2. The Morgan fingerprint density at radius 1 is 1.37 bits per heavy atom. The lowest BCUT2D eigenvalue weighted by Crippen LogP contribution is -2.24. The number of anilines is 1. The molecule has 0 aliphatic rings. The van der Waals surface area contributed by atoms with Gasteiger partial charge in [0.15, 0.2) is 5.11 Å². The molecule has 1 aromatic carbocycles. The largest absolute Gasteiger partial charge is 0.524 e. The minimum atomic E-state index is -4.88. The summed E-state index contributed by atoms with van der Waals surface area (Å²) in [7, 11) is -4.88. The minimum absolute atomic E-state index is 0.00169. The van der Waals surface area contributed by atoms with Gasteiger partial charge in [-0.15, -0.1) is 0 Å². The molecule has 0 aliphatic heterocycles. The summed E-state index contributed by atoms with van der Waals surface area (Å²) in [5.74, 6) is -0.288. The Bertz CT molecular complexity index is 1030. The molecule has 0 aliphatic carbocycles. The highest BCUT2D eigenvalue weighted by molar-refractivity contribution is 7.80. The lowest BCUT2D eigenvalue weighted by atomic mass is 10.2. The maximum atomic E-state index is 12.2. The fraction of sp³-hybridized carbons (Fsp3) is 0.0667. The van der Waals surface area contributed by atoms with E-state index in [4.69, 9.17) is 43.5 Å². The molecule has 1 amide bonds. The Morgan fingerprint density at radius 3 is 2.73 bits per heavy atom. The molecule has 0 atom stereocenters. The summed E-state index contributed by atoms with van der Waals surface area (Å²) in [4.78, 5) is 34.2. The molecule has 0 saturated heterocycles. The van der Waals surface area contributed by atoms with Crippen molar-refractivity contribution in [3.8, 4) is 5.75 Å². The van der Waals surface area contributed by atoms with Gasteiger partial charge in [0.25, 0.3) is 0 Å². The number of phosphoric ester groups is 1. The number of phosphoric acid groups is 1. The van der Waals surface area contributed by atoms with Crippen LogP contribution in [0.2, 0.25) is 10.0 Å². The van der Waals surface area contributed by atoms with Crippen molar-refractivity contribution < 1.29 is 28.4 Å². The molecule has 30 heavy (non-hydrogen) atoms. The number of aromatic nitrogens is 1. The molecular weight excluding hydrogens is 480 g/mol. The number of rotatable bonds is 7. The fourth-order valence-corrected chi connectivity index (χ4v) is 2.79. The highest BCUT2D eigenvalue weighted by Crippen LogP contribution is 2.41. The van der Waals surface area contributed by atoms with Crippen LogP contribution in [-0.2, 0) is 15.9 Å². The molecule has 1 heterocycles. The van der Waals surface area contributed by atoms with Crippen LogP contribution in [0.1, 0.15) is 11.3 Å². The molecule has 15 heteroatoms. The summed E-state index contributed by atoms with van der Waals surface area (Å²) in [5.41, 5.74) is 8.23. The van der Waals surface area contributed by atoms with Crippen molar-refractivity contribution >= 4 is 66.4 Å². The van der Waals surface area contributed by atoms with Crippen LogP contribution < -0.4 is 21.0 Å². The van der Waals surface area contributed by atoms with Crippen LogP contribution >= 0.6 is 43.2 Å². The molecule has 11 nitrogen and oxygen atoms in total. The van der Waals surface area contributed by atoms with Gasteiger partial charge in [-0.3, -0.25) is 25.5 Å². The first kappa shape index (κ1) is 23.8. The Labute approximate surface area is 185 Å². The highest BCUT2D eigenvalue weighted by Gasteiger charge is 2.21. The van der Waals surface area contributed by atoms with Crippen LogP contribution in [0.5, 0.6) is 5.75 Å². The van der Waals surface area contributed by atoms with Gasteiger partial charge in [0.2, 0.25) is 0 Å². The van der Waals surface area contributed by atoms with E-state index < -0.39 is 20.5 Å². The maximum absolute atomic E-state index is 12.2. The van der Waals surface area contributed by atoms with Gasteiger partial charge in [-0.2, -0.15) is 5.10 Å². The van der Waals surface area contributed by atoms with Crippen LogP contribution in [0.15, 0.2) is 35.6 Å². The van der Waals surface area contributed by atoms with Crippen molar-refractivity contribution in [3.63, 3.8) is 0 Å². The number of amides is 1. The number of carbonyl (C=O) groups excluding carboxylic acids is 1. The van der Waals surface area contributed by atoms with Crippen molar-refractivity contribution in [1.82, 2.24) is 10.4 Å². The fourth-order valence-electron chi connectivity index (χ4n) is 1.97. The summed E-state index contributed by atoms with van der Waals surface area (Å²) in [5, 5.41) is 6.23. The molecular formula is C15H14Cl2N5O6PS. The summed E-state index contributed by atoms with van der Waals surface area (Å²) in [6, 6.07) is 5.46. The molecule has 2 aromatic rings. The number of nitrogens with two attached hydrogens (primary N) is 1. The molecule has 2 rings (SSSR count). The van der Waals surface area contributed by atoms with E-state index in [1.807, 2.05) is 0 Å². The number of pyridine rings is 1. The first-order valence-electron chi connectivity index (χ1n) is 7.75. The van der Waals surface area contributed by atoms with Crippen LogP contribution in [0.3, 0.4) is 0 Å². The van der Waals surface area contributed by atoms with E-state index in [2.05, 4.69) is 37.6 Å². The number of nitrogens with one attached hydrogen (secondary N) is 2. The topological polar surface area (TPSA) is 168 Å². The predicted molar refractivity (Wildman–Crippen MR) is 115 cm³/mol. The van der Waals surface area contributed by atoms with E-state index in [1.54, 1.807) is 6.07 Å². The van der Waals surface area contributed by atoms with E-state index in [1.165, 1.54) is 24.5 Å². The quantitative estimate of drug-likeness (QED) is 0.167. The minimum Gasteiger partial charge on any atom is -0.444 e. The number of hydrogen-bond acceptors (Lipinski definition) is 7. The molecule has 0 spiro atoms. The molecule has 0 radical (unpaired) electrons. The Kier molecular flexibility index (Phi) is 8.35. The number of benzene rings is 1. The van der Waals surface area contributed by atoms with Crippen molar-refractivity contribution in [3.05, 3.63) is 51.8 Å². The number of hydrogen-bond donors (Lipinski definition) is 5. The number of halogens is 2. The van der Waals surface area contributed by atoms with E-state index in [9.17, 15) is 9.36 Å². The standard InChI is InChI=1S/C15H14Cl2N5O6PS/c16-9-4-8(13(5-10(9)17)28-29(24,25)26)7-27-15(23)21-11-2-1-3-19-12(11)6-20-22-14(18)30/h1-6H,7H2,(H,21,23)(H3,18,22,30)(H2,24,25,26). The van der Waals surface area contributed by atoms with Gasteiger partial charge < -0.3 is 15.0 Å². The van der Waals surface area contributed by atoms with Crippen molar-refractivity contribution in [2.45, 2.75) is 6.61 Å². The van der Waals surface area contributed by atoms with E-state index in [0.717, 1.165) is 6.07 Å². The zero-order valence-electron chi connectivity index (χ0n) is 14.8. The highest BCUT2D eigenvalue weighted by atomic mass is 35.5. The Balaban J connectivity index is 2.10. The van der Waals surface area contributed by atoms with Gasteiger partial charge in [0.1, 0.15) is 18.1 Å². The molecule has 160 valence electrons. The summed E-state index contributed by atoms with van der Waals surface area (Å²) < 4.78 is 20.8. The van der Waals surface area contributed by atoms with Crippen LogP contribution in [0, 0.1) is 0 Å². The van der Waals surface area contributed by atoms with Gasteiger partial charge in [0, 0.05) is 17.8 Å². The van der Waals surface area contributed by atoms with E-state index in [-0.39, 0.29) is 37.9 Å². The zero-order chi connectivity index (χ0) is 22.3. The predicted octanol–water partition coefficient (Wildman–Crippen LogP) is 2.78. The molecule has 0 saturated carbocycles. The maximum Gasteiger partial charge on any atom is 0.524 e. The van der Waals surface area contributed by atoms with Crippen molar-refractivity contribution in [1.29, 1.82) is 0 Å². The second kappa shape index (κ2) is 10.5. The van der Waals surface area contributed by atoms with E-state index in [0.29, 0.717) is 0 Å². The SMILES string of the molecule is NC(=S)NN=Cc1ncccc1NC(=O)OCc1cc(Cl)c(Cl)cc1OP(=O)(O)O. The average molecular weight is 494 g/mol. The molecule has 6 N–H and O–H groups in total. The third kappa shape index (κ3) is 7.75. The summed E-state index contributed by atoms with van der Waals surface area (Å²) >= 11 is 16.4. The number of ether oxygens (including phenoxy) is 1. The lowest BCUT2D eigenvalue weighted by Gasteiger charge is -2.14. The van der Waals surface area contributed by atoms with Gasteiger partial charge >= 0.3 is 13.9 Å². The third-order valence-corrected chi connectivity index (χ3v) is 4.36. The van der Waals surface area contributed by atoms with Crippen molar-refractivity contribution in [2.75, 3.05) is 5.32 Å². The molecule has 0 unspecified atom stereocenters. The van der Waals surface area contributed by atoms with Gasteiger partial charge in [-0.1, -0.05) is 23.2 Å². The molecule has 1 aromatic heterocycles. The van der Waals surface area contributed by atoms with Crippen LogP contribution in [-0.4, -0.2) is 32.2 Å². The Hall–Kier alpha value is -2.47. The lowest BCUT2D eigenvalue weighted by molar-refractivity contribution is 0.154. The summed E-state index contributed by atoms with van der Waals surface area (Å²) in [6.45, 7) is -0.426. The third-order valence-electron chi connectivity index (χ3n) is 3.12. The van der Waals surface area contributed by atoms with Crippen molar-refractivity contribution in [2.24, 2.45) is 10.8 Å². The van der Waals surface area contributed by atoms with Gasteiger partial charge in [0.05, 0.1) is 21.9 Å². The molecule has 0 fully saturated rings. The average Bonchev–Trinajstić information content (AvgIpc) is 2.63. The number of carbonyl (C=O) groups is 1. The van der Waals surface area contributed by atoms with Gasteiger partial charge in [-0.05, 0) is 30.4 Å².